The second-order valence-corrected chi connectivity index (χ2v) is 6.05. The van der Waals surface area contributed by atoms with Crippen molar-refractivity contribution in [3.05, 3.63) is 29.8 Å². The second-order valence-electron chi connectivity index (χ2n) is 5.06. The number of aryl methyl sites for hydroxylation is 1. The normalized spacial score (nSPS) is 13.9. The number of carbonyl (C=O) groups is 1. The topological polar surface area (TPSA) is 55.1 Å². The molecule has 1 aromatic carbocycles. The van der Waals surface area contributed by atoms with E-state index in [9.17, 15) is 4.79 Å². The smallest absolute Gasteiger partial charge is 0.244 e. The molecule has 1 rings (SSSR count). The van der Waals surface area contributed by atoms with Crippen LogP contribution in [0.5, 0.6) is 0 Å². The van der Waals surface area contributed by atoms with Gasteiger partial charge in [0.1, 0.15) is 0 Å². The minimum atomic E-state index is -0.799. The van der Waals surface area contributed by atoms with Crippen molar-refractivity contribution >= 4 is 23.4 Å². The van der Waals surface area contributed by atoms with Crippen LogP contribution in [-0.4, -0.2) is 23.5 Å². The average Bonchev–Trinajstić information content (AvgIpc) is 2.38. The summed E-state index contributed by atoms with van der Waals surface area (Å²) in [5, 5.41) is 2.88. The number of hydrogen-bond donors (Lipinski definition) is 2. The minimum absolute atomic E-state index is 0.119. The highest BCUT2D eigenvalue weighted by atomic mass is 32.2. The molecule has 0 saturated carbocycles. The molecular weight excluding hydrogens is 256 g/mol. The van der Waals surface area contributed by atoms with Crippen LogP contribution in [0.1, 0.15) is 32.3 Å². The maximum absolute atomic E-state index is 12.0. The van der Waals surface area contributed by atoms with E-state index in [4.69, 9.17) is 5.73 Å². The molecule has 0 saturated heterocycles. The molecule has 1 amide bonds. The molecule has 0 bridgehead atoms. The van der Waals surface area contributed by atoms with Gasteiger partial charge >= 0.3 is 0 Å². The number of thioether (sulfide) groups is 1. The van der Waals surface area contributed by atoms with Gasteiger partial charge in [-0.3, -0.25) is 4.79 Å². The molecule has 19 heavy (non-hydrogen) atoms. The van der Waals surface area contributed by atoms with Gasteiger partial charge < -0.3 is 11.1 Å². The molecule has 0 fully saturated rings. The zero-order chi connectivity index (χ0) is 14.3. The van der Waals surface area contributed by atoms with Crippen LogP contribution in [0, 0.1) is 0 Å². The molecule has 0 radical (unpaired) electrons. The third-order valence-corrected chi connectivity index (χ3v) is 3.71. The fourth-order valence-corrected chi connectivity index (χ4v) is 2.32. The fourth-order valence-electron chi connectivity index (χ4n) is 1.88. The molecular formula is C15H24N2OS. The average molecular weight is 280 g/mol. The number of nitrogens with two attached hydrogens (primary N) is 1. The Morgan fingerprint density at radius 3 is 2.53 bits per heavy atom. The number of nitrogens with one attached hydrogen (secondary N) is 1. The number of carbonyl (C=O) groups excluding carboxylic acids is 1. The zero-order valence-electron chi connectivity index (χ0n) is 12.0. The van der Waals surface area contributed by atoms with Crippen molar-refractivity contribution in [3.63, 3.8) is 0 Å². The molecule has 0 aromatic heterocycles. The van der Waals surface area contributed by atoms with Crippen LogP contribution in [0.25, 0.3) is 0 Å². The monoisotopic (exact) mass is 280 g/mol. The number of rotatable bonds is 7. The molecule has 0 aliphatic heterocycles. The molecule has 1 unspecified atom stereocenters. The van der Waals surface area contributed by atoms with Crippen LogP contribution < -0.4 is 11.1 Å². The third kappa shape index (κ3) is 5.25. The van der Waals surface area contributed by atoms with Gasteiger partial charge in [0.25, 0.3) is 0 Å². The van der Waals surface area contributed by atoms with E-state index >= 15 is 0 Å². The highest BCUT2D eigenvalue weighted by molar-refractivity contribution is 7.98. The summed E-state index contributed by atoms with van der Waals surface area (Å²) >= 11 is 1.83. The predicted molar refractivity (Wildman–Crippen MR) is 84.7 cm³/mol. The quantitative estimate of drug-likeness (QED) is 0.807. The van der Waals surface area contributed by atoms with Crippen LogP contribution in [0.3, 0.4) is 0 Å². The van der Waals surface area contributed by atoms with Gasteiger partial charge in [-0.15, -0.1) is 0 Å². The Labute approximate surface area is 120 Å². The molecule has 1 aromatic rings. The lowest BCUT2D eigenvalue weighted by Crippen LogP contribution is -2.48. The Hall–Kier alpha value is -1.00. The summed E-state index contributed by atoms with van der Waals surface area (Å²) in [6, 6.07) is 7.99. The summed E-state index contributed by atoms with van der Waals surface area (Å²) in [7, 11) is 0. The SMILES string of the molecule is CCCC(C)(N)C(=O)Nc1ccc(CCSC)cc1. The van der Waals surface area contributed by atoms with Crippen molar-refractivity contribution in [1.29, 1.82) is 0 Å². The first-order valence-corrected chi connectivity index (χ1v) is 8.07. The highest BCUT2D eigenvalue weighted by Gasteiger charge is 2.26. The molecule has 0 aliphatic rings. The first kappa shape index (κ1) is 16.1. The van der Waals surface area contributed by atoms with Crippen LogP contribution >= 0.6 is 11.8 Å². The molecule has 1 atom stereocenters. The van der Waals surface area contributed by atoms with Gasteiger partial charge in [0, 0.05) is 5.69 Å². The lowest BCUT2D eigenvalue weighted by atomic mass is 9.96. The molecule has 4 heteroatoms. The largest absolute Gasteiger partial charge is 0.325 e. The van der Waals surface area contributed by atoms with E-state index in [1.54, 1.807) is 6.92 Å². The van der Waals surface area contributed by atoms with Gasteiger partial charge in [0.2, 0.25) is 5.91 Å². The lowest BCUT2D eigenvalue weighted by molar-refractivity contribution is -0.120. The maximum Gasteiger partial charge on any atom is 0.244 e. The highest BCUT2D eigenvalue weighted by Crippen LogP contribution is 2.15. The van der Waals surface area contributed by atoms with E-state index in [1.165, 1.54) is 5.56 Å². The van der Waals surface area contributed by atoms with E-state index in [2.05, 4.69) is 23.7 Å². The van der Waals surface area contributed by atoms with Crippen molar-refractivity contribution < 1.29 is 4.79 Å². The summed E-state index contributed by atoms with van der Waals surface area (Å²) in [6.07, 6.45) is 4.74. The van der Waals surface area contributed by atoms with E-state index in [1.807, 2.05) is 30.8 Å². The first-order chi connectivity index (χ1) is 8.99. The van der Waals surface area contributed by atoms with E-state index in [-0.39, 0.29) is 5.91 Å². The van der Waals surface area contributed by atoms with Crippen molar-refractivity contribution in [1.82, 2.24) is 0 Å². The van der Waals surface area contributed by atoms with Crippen LogP contribution in [0.4, 0.5) is 5.69 Å². The Morgan fingerprint density at radius 2 is 2.00 bits per heavy atom. The number of anilines is 1. The summed E-state index contributed by atoms with van der Waals surface area (Å²) in [6.45, 7) is 3.80. The third-order valence-electron chi connectivity index (χ3n) is 3.09. The Balaban J connectivity index is 2.60. The number of hydrogen-bond acceptors (Lipinski definition) is 3. The summed E-state index contributed by atoms with van der Waals surface area (Å²) in [5.74, 6) is 0.995. The number of benzene rings is 1. The Morgan fingerprint density at radius 1 is 1.37 bits per heavy atom. The molecule has 0 spiro atoms. The standard InChI is InChI=1S/C15H24N2OS/c1-4-10-15(2,16)14(18)17-13-7-5-12(6-8-13)9-11-19-3/h5-8H,4,9-11,16H2,1-3H3,(H,17,18). The number of amides is 1. The van der Waals surface area contributed by atoms with Crippen LogP contribution in [-0.2, 0) is 11.2 Å². The predicted octanol–water partition coefficient (Wildman–Crippen LogP) is 3.05. The van der Waals surface area contributed by atoms with Crippen molar-refractivity contribution in [3.8, 4) is 0 Å². The summed E-state index contributed by atoms with van der Waals surface area (Å²) in [5.41, 5.74) is 7.30. The zero-order valence-corrected chi connectivity index (χ0v) is 12.8. The Kier molecular flexibility index (Phi) is 6.38. The van der Waals surface area contributed by atoms with Gasteiger partial charge in [-0.25, -0.2) is 0 Å². The van der Waals surface area contributed by atoms with Gasteiger partial charge in [0.05, 0.1) is 5.54 Å². The van der Waals surface area contributed by atoms with Gasteiger partial charge in [-0.05, 0) is 49.5 Å². The molecule has 3 N–H and O–H groups in total. The second kappa shape index (κ2) is 7.56. The molecule has 106 valence electrons. The van der Waals surface area contributed by atoms with E-state index < -0.39 is 5.54 Å². The molecule has 0 heterocycles. The van der Waals surface area contributed by atoms with Crippen LogP contribution in [0.15, 0.2) is 24.3 Å². The van der Waals surface area contributed by atoms with Gasteiger partial charge in [0.15, 0.2) is 0 Å². The molecule has 0 aliphatic carbocycles. The van der Waals surface area contributed by atoms with Gasteiger partial charge in [-0.1, -0.05) is 25.5 Å². The van der Waals surface area contributed by atoms with E-state index in [0.717, 1.165) is 24.3 Å². The summed E-state index contributed by atoms with van der Waals surface area (Å²) < 4.78 is 0. The summed E-state index contributed by atoms with van der Waals surface area (Å²) in [4.78, 5) is 12.0. The minimum Gasteiger partial charge on any atom is -0.325 e. The van der Waals surface area contributed by atoms with Crippen LogP contribution in [0.2, 0.25) is 0 Å². The maximum atomic E-state index is 12.0. The van der Waals surface area contributed by atoms with Crippen molar-refractivity contribution in [2.75, 3.05) is 17.3 Å². The van der Waals surface area contributed by atoms with Crippen molar-refractivity contribution in [2.24, 2.45) is 5.73 Å². The Bertz CT molecular complexity index is 401. The van der Waals surface area contributed by atoms with E-state index in [0.29, 0.717) is 6.42 Å². The first-order valence-electron chi connectivity index (χ1n) is 6.68. The van der Waals surface area contributed by atoms with Gasteiger partial charge in [-0.2, -0.15) is 11.8 Å². The fraction of sp³-hybridized carbons (Fsp3) is 0.533. The van der Waals surface area contributed by atoms with Crippen molar-refractivity contribution in [2.45, 2.75) is 38.6 Å². The lowest BCUT2D eigenvalue weighted by Gasteiger charge is -2.22. The molecule has 3 nitrogen and oxygen atoms in total.